The lowest BCUT2D eigenvalue weighted by Gasteiger charge is -2.03. The van der Waals surface area contributed by atoms with Crippen molar-refractivity contribution in [1.82, 2.24) is 0 Å². The van der Waals surface area contributed by atoms with Gasteiger partial charge in [0.2, 0.25) is 5.24 Å². The number of hydrogen-bond acceptors (Lipinski definition) is 3. The molecular formula is C6H14Cl3NOS. The van der Waals surface area contributed by atoms with Crippen LogP contribution < -0.4 is 5.73 Å². The molecule has 0 fully saturated rings. The molecule has 0 spiro atoms. The maximum atomic E-state index is 10.4. The molecule has 2 N–H and O–H groups in total. The number of hydrogen-bond donors (Lipinski definition) is 1. The molecular weight excluding hydrogens is 240 g/mol. The van der Waals surface area contributed by atoms with Crippen molar-refractivity contribution in [3.05, 3.63) is 0 Å². The molecule has 0 unspecified atom stereocenters. The summed E-state index contributed by atoms with van der Waals surface area (Å²) in [5.74, 6) is 1.97. The van der Waals surface area contributed by atoms with Crippen LogP contribution in [-0.4, -0.2) is 22.8 Å². The van der Waals surface area contributed by atoms with E-state index in [2.05, 4.69) is 6.92 Å². The SMILES string of the molecule is CCSCC[C@H](N)C(=O)Cl.Cl.Cl. The molecule has 12 heavy (non-hydrogen) atoms. The molecule has 0 aliphatic heterocycles. The minimum absolute atomic E-state index is 0. The van der Waals surface area contributed by atoms with Crippen LogP contribution in [0.4, 0.5) is 0 Å². The second kappa shape index (κ2) is 11.8. The molecule has 0 rings (SSSR count). The highest BCUT2D eigenvalue weighted by atomic mass is 35.5. The van der Waals surface area contributed by atoms with Gasteiger partial charge in [0.05, 0.1) is 6.04 Å². The fourth-order valence-electron chi connectivity index (χ4n) is 0.468. The zero-order valence-electron chi connectivity index (χ0n) is 6.79. The Morgan fingerprint density at radius 2 is 2.08 bits per heavy atom. The van der Waals surface area contributed by atoms with Gasteiger partial charge >= 0.3 is 0 Å². The smallest absolute Gasteiger partial charge is 0.238 e. The van der Waals surface area contributed by atoms with Crippen molar-refractivity contribution in [1.29, 1.82) is 0 Å². The second-order valence-electron chi connectivity index (χ2n) is 1.90. The molecule has 76 valence electrons. The summed E-state index contributed by atoms with van der Waals surface area (Å²) in [7, 11) is 0. The van der Waals surface area contributed by atoms with Gasteiger partial charge in [-0.1, -0.05) is 6.92 Å². The van der Waals surface area contributed by atoms with E-state index in [0.29, 0.717) is 6.42 Å². The molecule has 0 heterocycles. The van der Waals surface area contributed by atoms with Crippen molar-refractivity contribution in [2.75, 3.05) is 11.5 Å². The minimum Gasteiger partial charge on any atom is -0.320 e. The third-order valence-electron chi connectivity index (χ3n) is 1.07. The Labute approximate surface area is 94.8 Å². The lowest BCUT2D eigenvalue weighted by Crippen LogP contribution is -2.27. The van der Waals surface area contributed by atoms with E-state index in [9.17, 15) is 4.79 Å². The van der Waals surface area contributed by atoms with Crippen LogP contribution in [0.2, 0.25) is 0 Å². The fraction of sp³-hybridized carbons (Fsp3) is 0.833. The lowest BCUT2D eigenvalue weighted by atomic mass is 10.3. The first-order valence-corrected chi connectivity index (χ1v) is 4.74. The van der Waals surface area contributed by atoms with Crippen LogP contribution in [-0.2, 0) is 4.79 Å². The molecule has 0 aromatic heterocycles. The Morgan fingerprint density at radius 1 is 1.58 bits per heavy atom. The average Bonchev–Trinajstić information content (AvgIpc) is 1.88. The number of thioether (sulfide) groups is 1. The van der Waals surface area contributed by atoms with E-state index in [4.69, 9.17) is 17.3 Å². The molecule has 0 aliphatic carbocycles. The zero-order valence-corrected chi connectivity index (χ0v) is 9.99. The number of carbonyl (C=O) groups is 1. The first-order chi connectivity index (χ1) is 4.68. The second-order valence-corrected chi connectivity index (χ2v) is 3.66. The highest BCUT2D eigenvalue weighted by Gasteiger charge is 2.08. The van der Waals surface area contributed by atoms with Crippen molar-refractivity contribution in [3.63, 3.8) is 0 Å². The Bertz CT molecular complexity index is 115. The van der Waals surface area contributed by atoms with Crippen LogP contribution in [0.1, 0.15) is 13.3 Å². The quantitative estimate of drug-likeness (QED) is 0.603. The van der Waals surface area contributed by atoms with Crippen LogP contribution >= 0.6 is 48.2 Å². The van der Waals surface area contributed by atoms with E-state index in [-0.39, 0.29) is 24.8 Å². The number of halogens is 3. The van der Waals surface area contributed by atoms with Crippen molar-refractivity contribution < 1.29 is 4.79 Å². The zero-order chi connectivity index (χ0) is 7.98. The first kappa shape index (κ1) is 18.6. The Balaban J connectivity index is -0.000000405. The molecule has 0 aromatic carbocycles. The van der Waals surface area contributed by atoms with E-state index < -0.39 is 11.3 Å². The predicted molar refractivity (Wildman–Crippen MR) is 60.9 cm³/mol. The normalized spacial score (nSPS) is 10.9. The van der Waals surface area contributed by atoms with Gasteiger partial charge in [-0.15, -0.1) is 24.8 Å². The molecule has 2 nitrogen and oxygen atoms in total. The van der Waals surface area contributed by atoms with E-state index in [0.717, 1.165) is 11.5 Å². The van der Waals surface area contributed by atoms with Crippen molar-refractivity contribution in [2.24, 2.45) is 5.73 Å². The van der Waals surface area contributed by atoms with Gasteiger partial charge in [0.15, 0.2) is 0 Å². The molecule has 0 saturated heterocycles. The summed E-state index contributed by atoms with van der Waals surface area (Å²) in [6.45, 7) is 2.07. The highest BCUT2D eigenvalue weighted by Crippen LogP contribution is 2.04. The van der Waals surface area contributed by atoms with Gasteiger partial charge in [0.1, 0.15) is 0 Å². The standard InChI is InChI=1S/C6H12ClNOS.2ClH/c1-2-10-4-3-5(8)6(7)9;;/h5H,2-4,8H2,1H3;2*1H/t5-;;/m0../s1. The van der Waals surface area contributed by atoms with Crippen LogP contribution in [0, 0.1) is 0 Å². The fourth-order valence-corrected chi connectivity index (χ4v) is 1.29. The van der Waals surface area contributed by atoms with Gasteiger partial charge in [-0.2, -0.15) is 11.8 Å². The predicted octanol–water partition coefficient (Wildman–Crippen LogP) is 2.07. The summed E-state index contributed by atoms with van der Waals surface area (Å²) in [6.07, 6.45) is 0.681. The largest absolute Gasteiger partial charge is 0.320 e. The van der Waals surface area contributed by atoms with Crippen LogP contribution in [0.15, 0.2) is 0 Å². The summed E-state index contributed by atoms with van der Waals surface area (Å²) >= 11 is 6.90. The maximum absolute atomic E-state index is 10.4. The van der Waals surface area contributed by atoms with Crippen molar-refractivity contribution in [2.45, 2.75) is 19.4 Å². The number of nitrogens with two attached hydrogens (primary N) is 1. The van der Waals surface area contributed by atoms with Crippen molar-refractivity contribution in [3.8, 4) is 0 Å². The van der Waals surface area contributed by atoms with Gasteiger partial charge in [-0.3, -0.25) is 4.79 Å². The molecule has 0 radical (unpaired) electrons. The molecule has 0 bridgehead atoms. The van der Waals surface area contributed by atoms with E-state index in [1.807, 2.05) is 0 Å². The Morgan fingerprint density at radius 3 is 2.42 bits per heavy atom. The molecule has 1 atom stereocenters. The summed E-state index contributed by atoms with van der Waals surface area (Å²) in [5.41, 5.74) is 5.36. The van der Waals surface area contributed by atoms with Gasteiger partial charge in [0, 0.05) is 0 Å². The van der Waals surface area contributed by atoms with Crippen molar-refractivity contribution >= 4 is 53.4 Å². The van der Waals surface area contributed by atoms with E-state index in [1.165, 1.54) is 0 Å². The molecule has 0 amide bonds. The minimum atomic E-state index is -0.472. The van der Waals surface area contributed by atoms with Crippen LogP contribution in [0.5, 0.6) is 0 Å². The molecule has 0 aliphatic rings. The topological polar surface area (TPSA) is 43.1 Å². The molecule has 0 saturated carbocycles. The first-order valence-electron chi connectivity index (χ1n) is 3.21. The third-order valence-corrected chi connectivity index (χ3v) is 2.28. The monoisotopic (exact) mass is 253 g/mol. The van der Waals surface area contributed by atoms with Crippen LogP contribution in [0.25, 0.3) is 0 Å². The molecule has 0 aromatic rings. The Kier molecular flexibility index (Phi) is 18.4. The van der Waals surface area contributed by atoms with Crippen LogP contribution in [0.3, 0.4) is 0 Å². The molecule has 6 heteroatoms. The number of rotatable bonds is 5. The van der Waals surface area contributed by atoms with E-state index in [1.54, 1.807) is 11.8 Å². The Hall–Kier alpha value is 0.850. The average molecular weight is 255 g/mol. The number of carbonyl (C=O) groups excluding carboxylic acids is 1. The van der Waals surface area contributed by atoms with Gasteiger partial charge in [-0.05, 0) is 29.5 Å². The third kappa shape index (κ3) is 10.8. The summed E-state index contributed by atoms with van der Waals surface area (Å²) in [4.78, 5) is 10.4. The van der Waals surface area contributed by atoms with E-state index >= 15 is 0 Å². The highest BCUT2D eigenvalue weighted by molar-refractivity contribution is 7.99. The lowest BCUT2D eigenvalue weighted by molar-refractivity contribution is -0.112. The van der Waals surface area contributed by atoms with Gasteiger partial charge < -0.3 is 5.73 Å². The summed E-state index contributed by atoms with van der Waals surface area (Å²) in [5, 5.41) is -0.434. The summed E-state index contributed by atoms with van der Waals surface area (Å²) in [6, 6.07) is -0.472. The maximum Gasteiger partial charge on any atom is 0.238 e. The summed E-state index contributed by atoms with van der Waals surface area (Å²) < 4.78 is 0. The van der Waals surface area contributed by atoms with Gasteiger partial charge in [0.25, 0.3) is 0 Å². The van der Waals surface area contributed by atoms with Gasteiger partial charge in [-0.25, -0.2) is 0 Å².